The fraction of sp³-hybridized carbons (Fsp3) is 0.583. The maximum Gasteiger partial charge on any atom is 0.351 e. The van der Waals surface area contributed by atoms with Crippen molar-refractivity contribution >= 4 is 0 Å². The van der Waals surface area contributed by atoms with E-state index in [0.29, 0.717) is 45.5 Å². The lowest BCUT2D eigenvalue weighted by molar-refractivity contribution is -0.102. The van der Waals surface area contributed by atoms with Gasteiger partial charge in [0.05, 0.1) is 32.1 Å². The van der Waals surface area contributed by atoms with E-state index in [9.17, 15) is 4.79 Å². The van der Waals surface area contributed by atoms with Gasteiger partial charge in [0, 0.05) is 24.8 Å². The van der Waals surface area contributed by atoms with E-state index in [4.69, 9.17) is 18.9 Å². The maximum atomic E-state index is 12.6. The van der Waals surface area contributed by atoms with Crippen molar-refractivity contribution in [3.63, 3.8) is 0 Å². The van der Waals surface area contributed by atoms with Crippen LogP contribution in [0.3, 0.4) is 0 Å². The zero-order valence-corrected chi connectivity index (χ0v) is 17.9. The van der Waals surface area contributed by atoms with Gasteiger partial charge in [0.2, 0.25) is 5.88 Å². The van der Waals surface area contributed by atoms with Gasteiger partial charge in [0.1, 0.15) is 12.7 Å². The van der Waals surface area contributed by atoms with Crippen molar-refractivity contribution in [2.45, 2.75) is 51.4 Å². The molecule has 7 nitrogen and oxygen atoms in total. The van der Waals surface area contributed by atoms with Crippen molar-refractivity contribution in [2.75, 3.05) is 33.0 Å². The number of benzene rings is 1. The third-order valence-electron chi connectivity index (χ3n) is 6.44. The zero-order valence-electron chi connectivity index (χ0n) is 17.9. The fourth-order valence-electron chi connectivity index (χ4n) is 4.76. The van der Waals surface area contributed by atoms with Gasteiger partial charge >= 0.3 is 5.69 Å². The van der Waals surface area contributed by atoms with Crippen molar-refractivity contribution in [3.05, 3.63) is 45.9 Å². The molecule has 5 rings (SSSR count). The molecule has 0 bridgehead atoms. The average Bonchev–Trinajstić information content (AvgIpc) is 3.32. The monoisotopic (exact) mass is 426 g/mol. The Kier molecular flexibility index (Phi) is 6.34. The minimum Gasteiger partial charge on any atom is -0.475 e. The lowest BCUT2D eigenvalue weighted by Gasteiger charge is -2.24. The molecule has 31 heavy (non-hydrogen) atoms. The normalized spacial score (nSPS) is 21.0. The minimum absolute atomic E-state index is 0.131. The van der Waals surface area contributed by atoms with Crippen LogP contribution < -0.4 is 10.4 Å². The van der Waals surface area contributed by atoms with E-state index in [0.717, 1.165) is 30.2 Å². The van der Waals surface area contributed by atoms with E-state index in [1.54, 1.807) is 4.57 Å². The van der Waals surface area contributed by atoms with E-state index < -0.39 is 0 Å². The minimum atomic E-state index is -0.275. The second-order valence-corrected chi connectivity index (χ2v) is 8.70. The summed E-state index contributed by atoms with van der Waals surface area (Å²) in [5.41, 5.74) is 4.07. The molecule has 0 amide bonds. The van der Waals surface area contributed by atoms with Crippen LogP contribution in [0.4, 0.5) is 0 Å². The molecule has 3 aliphatic rings. The van der Waals surface area contributed by atoms with Crippen molar-refractivity contribution < 1.29 is 18.9 Å². The summed E-state index contributed by atoms with van der Waals surface area (Å²) in [5, 5.41) is 0. The molecule has 3 heterocycles. The molecular weight excluding hydrogens is 396 g/mol. The first kappa shape index (κ1) is 20.7. The van der Waals surface area contributed by atoms with Gasteiger partial charge in [-0.2, -0.15) is 4.98 Å². The van der Waals surface area contributed by atoms with Crippen LogP contribution in [-0.4, -0.2) is 48.7 Å². The summed E-state index contributed by atoms with van der Waals surface area (Å²) in [6.45, 7) is 4.12. The molecule has 2 fully saturated rings. The molecule has 1 aromatic heterocycles. The zero-order chi connectivity index (χ0) is 21.0. The second kappa shape index (κ2) is 9.51. The fourth-order valence-corrected chi connectivity index (χ4v) is 4.76. The Labute approximate surface area is 182 Å². The van der Waals surface area contributed by atoms with Gasteiger partial charge in [-0.05, 0) is 36.3 Å². The Morgan fingerprint density at radius 1 is 1.13 bits per heavy atom. The van der Waals surface area contributed by atoms with E-state index in [1.807, 2.05) is 6.07 Å². The Morgan fingerprint density at radius 2 is 2.03 bits per heavy atom. The largest absolute Gasteiger partial charge is 0.475 e. The smallest absolute Gasteiger partial charge is 0.351 e. The van der Waals surface area contributed by atoms with Crippen LogP contribution in [0.1, 0.15) is 36.8 Å². The van der Waals surface area contributed by atoms with Crippen molar-refractivity contribution in [2.24, 2.45) is 5.92 Å². The summed E-state index contributed by atoms with van der Waals surface area (Å²) in [6.07, 6.45) is 5.96. The summed E-state index contributed by atoms with van der Waals surface area (Å²) in [7, 11) is 0. The first-order valence-corrected chi connectivity index (χ1v) is 11.4. The maximum absolute atomic E-state index is 12.6. The van der Waals surface area contributed by atoms with Crippen LogP contribution in [0.15, 0.2) is 29.1 Å². The molecule has 2 aromatic rings. The van der Waals surface area contributed by atoms with Gasteiger partial charge in [0.25, 0.3) is 0 Å². The third kappa shape index (κ3) is 4.84. The lowest BCUT2D eigenvalue weighted by atomic mass is 9.96. The Morgan fingerprint density at radius 3 is 2.87 bits per heavy atom. The van der Waals surface area contributed by atoms with E-state index >= 15 is 0 Å². The van der Waals surface area contributed by atoms with Crippen LogP contribution in [-0.2, 0) is 33.8 Å². The van der Waals surface area contributed by atoms with Gasteiger partial charge in [-0.25, -0.2) is 4.79 Å². The van der Waals surface area contributed by atoms with Gasteiger partial charge in [0.15, 0.2) is 0 Å². The number of aryl methyl sites for hydroxylation is 1. The Hall–Kier alpha value is -2.22. The van der Waals surface area contributed by atoms with E-state index in [-0.39, 0.29) is 11.8 Å². The molecule has 0 spiro atoms. The molecular formula is C24H30N2O5. The summed E-state index contributed by atoms with van der Waals surface area (Å²) in [5.74, 6) is 1.06. The quantitative estimate of drug-likeness (QED) is 0.678. The first-order chi connectivity index (χ1) is 15.3. The number of ether oxygens (including phenoxy) is 4. The summed E-state index contributed by atoms with van der Waals surface area (Å²) in [6, 6.07) is 8.27. The Bertz CT molecular complexity index is 961. The molecule has 1 aliphatic carbocycles. The number of hydrogen-bond acceptors (Lipinski definition) is 6. The molecule has 0 N–H and O–H groups in total. The molecule has 1 saturated carbocycles. The lowest BCUT2D eigenvalue weighted by Crippen LogP contribution is -2.34. The average molecular weight is 427 g/mol. The molecule has 166 valence electrons. The molecule has 7 heteroatoms. The van der Waals surface area contributed by atoms with Crippen molar-refractivity contribution in [1.82, 2.24) is 9.55 Å². The second-order valence-electron chi connectivity index (χ2n) is 8.70. The van der Waals surface area contributed by atoms with Crippen LogP contribution in [0.25, 0.3) is 11.3 Å². The molecule has 1 saturated heterocycles. The van der Waals surface area contributed by atoms with Crippen LogP contribution >= 0.6 is 0 Å². The van der Waals surface area contributed by atoms with Crippen molar-refractivity contribution in [3.8, 4) is 17.1 Å². The Balaban J connectivity index is 1.28. The highest BCUT2D eigenvalue weighted by Gasteiger charge is 2.21. The molecule has 2 aliphatic heterocycles. The number of hydrogen-bond donors (Lipinski definition) is 0. The van der Waals surface area contributed by atoms with Gasteiger partial charge in [-0.1, -0.05) is 31.0 Å². The standard InChI is InChI=1S/C24H30N2O5/c27-24-25-23(31-16-20-15-28-9-10-30-20)12-22-21-6-5-18(11-19(21)7-8-26(22)24)14-29-13-17-3-1-2-4-17/h5-6,11-12,17,20H,1-4,7-10,13-16H2. The van der Waals surface area contributed by atoms with Crippen LogP contribution in [0, 0.1) is 5.92 Å². The van der Waals surface area contributed by atoms with Crippen molar-refractivity contribution in [1.29, 1.82) is 0 Å². The molecule has 1 unspecified atom stereocenters. The molecule has 0 radical (unpaired) electrons. The number of aromatic nitrogens is 2. The van der Waals surface area contributed by atoms with Gasteiger partial charge < -0.3 is 18.9 Å². The SMILES string of the molecule is O=c1nc(OCC2COCCO2)cc2n1CCc1cc(COCC3CCCC3)ccc1-2. The topological polar surface area (TPSA) is 71.8 Å². The van der Waals surface area contributed by atoms with Gasteiger partial charge in [-0.15, -0.1) is 0 Å². The molecule has 1 aromatic carbocycles. The van der Waals surface area contributed by atoms with Crippen LogP contribution in [0.5, 0.6) is 5.88 Å². The van der Waals surface area contributed by atoms with E-state index in [1.165, 1.54) is 36.8 Å². The van der Waals surface area contributed by atoms with E-state index in [2.05, 4.69) is 23.2 Å². The first-order valence-electron chi connectivity index (χ1n) is 11.4. The summed E-state index contributed by atoms with van der Waals surface area (Å²) in [4.78, 5) is 16.7. The predicted octanol–water partition coefficient (Wildman–Crippen LogP) is 2.97. The highest BCUT2D eigenvalue weighted by atomic mass is 16.6. The van der Waals surface area contributed by atoms with Crippen LogP contribution in [0.2, 0.25) is 0 Å². The highest BCUT2D eigenvalue weighted by Crippen LogP contribution is 2.31. The number of nitrogens with zero attached hydrogens (tertiary/aromatic N) is 2. The number of rotatable bonds is 7. The highest BCUT2D eigenvalue weighted by molar-refractivity contribution is 5.67. The number of fused-ring (bicyclic) bond motifs is 3. The predicted molar refractivity (Wildman–Crippen MR) is 115 cm³/mol. The molecule has 1 atom stereocenters. The summed E-state index contributed by atoms with van der Waals surface area (Å²) < 4.78 is 24.5. The van der Waals surface area contributed by atoms with Gasteiger partial charge in [-0.3, -0.25) is 4.57 Å². The summed E-state index contributed by atoms with van der Waals surface area (Å²) >= 11 is 0. The third-order valence-corrected chi connectivity index (χ3v) is 6.44.